The quantitative estimate of drug-likeness (QED) is 0.487. The summed E-state index contributed by atoms with van der Waals surface area (Å²) in [5, 5.41) is 15.5. The molecular weight excluding hydrogens is 513 g/mol. The van der Waals surface area contributed by atoms with Crippen molar-refractivity contribution in [2.24, 2.45) is 0 Å². The van der Waals surface area contributed by atoms with Gasteiger partial charge in [-0.05, 0) is 36.8 Å². The second kappa shape index (κ2) is 9.18. The van der Waals surface area contributed by atoms with Gasteiger partial charge in [-0.2, -0.15) is 13.2 Å². The Morgan fingerprint density at radius 3 is 2.26 bits per heavy atom. The third-order valence-electron chi connectivity index (χ3n) is 4.42. The molecule has 1 atom stereocenters. The fourth-order valence-corrected chi connectivity index (χ4v) is 3.97. The molecule has 2 aromatic heterocycles. The molecule has 0 spiro atoms. The fourth-order valence-electron chi connectivity index (χ4n) is 2.78. The topological polar surface area (TPSA) is 165 Å². The van der Waals surface area contributed by atoms with Crippen LogP contribution in [-0.2, 0) is 25.7 Å². The van der Waals surface area contributed by atoms with Gasteiger partial charge in [-0.15, -0.1) is 20.4 Å². The van der Waals surface area contributed by atoms with Crippen molar-refractivity contribution in [2.45, 2.75) is 23.0 Å². The number of nitrogens with zero attached hydrogens (tertiary/aromatic N) is 4. The third kappa shape index (κ3) is 6.07. The van der Waals surface area contributed by atoms with Gasteiger partial charge in [0.15, 0.2) is 20.6 Å². The minimum Gasteiger partial charge on any atom is -0.417 e. The van der Waals surface area contributed by atoms with Gasteiger partial charge in [0.25, 0.3) is 11.8 Å². The molecule has 16 heteroatoms. The van der Waals surface area contributed by atoms with E-state index < -0.39 is 54.4 Å². The number of nitrogens with one attached hydrogen (secondary N) is 2. The van der Waals surface area contributed by atoms with Crippen LogP contribution >= 0.6 is 0 Å². The molecule has 1 aromatic carbocycles. The highest BCUT2D eigenvalue weighted by molar-refractivity contribution is 7.91. The molecule has 186 valence electrons. The van der Waals surface area contributed by atoms with Gasteiger partial charge >= 0.3 is 6.18 Å². The standard InChI is InChI=1S/C19H17F3N6O5S2/c1-10-15(17(29)24-11-5-4-6-12(9-11)34(2,23)30)18(28-27-16(10)19(20,21)22)33-13-7-8-14(26-25-13)35(3,31)32/h4-9,23H,1-3H3,(H,24,29). The van der Waals surface area contributed by atoms with Crippen molar-refractivity contribution in [2.75, 3.05) is 17.8 Å². The number of amides is 1. The minimum absolute atomic E-state index is 0.0577. The molecular formula is C19H17F3N6O5S2. The second-order valence-electron chi connectivity index (χ2n) is 7.26. The number of rotatable bonds is 6. The largest absolute Gasteiger partial charge is 0.435 e. The van der Waals surface area contributed by atoms with Crippen molar-refractivity contribution in [1.82, 2.24) is 20.4 Å². The molecule has 0 radical (unpaired) electrons. The Balaban J connectivity index is 2.05. The molecule has 35 heavy (non-hydrogen) atoms. The molecule has 0 aliphatic carbocycles. The molecule has 0 fully saturated rings. The zero-order valence-electron chi connectivity index (χ0n) is 18.2. The maximum Gasteiger partial charge on any atom is 0.435 e. The molecule has 0 bridgehead atoms. The Morgan fingerprint density at radius 1 is 1.03 bits per heavy atom. The van der Waals surface area contributed by atoms with E-state index in [0.717, 1.165) is 25.3 Å². The Kier molecular flexibility index (Phi) is 6.81. The highest BCUT2D eigenvalue weighted by atomic mass is 32.2. The zero-order valence-corrected chi connectivity index (χ0v) is 19.9. The number of carbonyl (C=O) groups is 1. The van der Waals surface area contributed by atoms with Crippen LogP contribution in [0.5, 0.6) is 11.8 Å². The number of sulfone groups is 1. The maximum absolute atomic E-state index is 13.4. The Morgan fingerprint density at radius 2 is 1.71 bits per heavy atom. The van der Waals surface area contributed by atoms with E-state index in [1.807, 2.05) is 0 Å². The van der Waals surface area contributed by atoms with Crippen LogP contribution in [0, 0.1) is 11.7 Å². The summed E-state index contributed by atoms with van der Waals surface area (Å²) < 4.78 is 88.3. The molecule has 2 heterocycles. The van der Waals surface area contributed by atoms with Crippen LogP contribution in [0.2, 0.25) is 0 Å². The smallest absolute Gasteiger partial charge is 0.417 e. The van der Waals surface area contributed by atoms with E-state index in [2.05, 4.69) is 25.7 Å². The fraction of sp³-hybridized carbons (Fsp3) is 0.211. The van der Waals surface area contributed by atoms with E-state index in [1.165, 1.54) is 30.5 Å². The number of hydrogen-bond acceptors (Lipinski definition) is 10. The highest BCUT2D eigenvalue weighted by Gasteiger charge is 2.38. The monoisotopic (exact) mass is 530 g/mol. The third-order valence-corrected chi connectivity index (χ3v) is 6.55. The highest BCUT2D eigenvalue weighted by Crippen LogP contribution is 2.34. The van der Waals surface area contributed by atoms with Gasteiger partial charge in [0.05, 0.1) is 9.73 Å². The average molecular weight is 531 g/mol. The molecule has 0 aliphatic heterocycles. The molecule has 11 nitrogen and oxygen atoms in total. The summed E-state index contributed by atoms with van der Waals surface area (Å²) in [7, 11) is -6.80. The van der Waals surface area contributed by atoms with Gasteiger partial charge in [0, 0.05) is 29.2 Å². The van der Waals surface area contributed by atoms with Crippen LogP contribution < -0.4 is 10.1 Å². The first kappa shape index (κ1) is 26.0. The summed E-state index contributed by atoms with van der Waals surface area (Å²) in [5.41, 5.74) is -2.60. The molecule has 2 N–H and O–H groups in total. The number of hydrogen-bond donors (Lipinski definition) is 2. The predicted molar refractivity (Wildman–Crippen MR) is 116 cm³/mol. The summed E-state index contributed by atoms with van der Waals surface area (Å²) in [6, 6.07) is 7.58. The number of benzene rings is 1. The summed E-state index contributed by atoms with van der Waals surface area (Å²) >= 11 is 0. The normalized spacial score (nSPS) is 13.7. The number of anilines is 1. The van der Waals surface area contributed by atoms with Gasteiger partial charge in [-0.3, -0.25) is 4.79 Å². The van der Waals surface area contributed by atoms with E-state index >= 15 is 0 Å². The van der Waals surface area contributed by atoms with Crippen LogP contribution in [0.1, 0.15) is 21.6 Å². The van der Waals surface area contributed by atoms with Crippen molar-refractivity contribution in [3.8, 4) is 11.8 Å². The average Bonchev–Trinajstić information content (AvgIpc) is 2.72. The number of ether oxygens (including phenoxy) is 1. The van der Waals surface area contributed by atoms with Gasteiger partial charge in [-0.1, -0.05) is 6.07 Å². The van der Waals surface area contributed by atoms with Crippen molar-refractivity contribution in [3.05, 3.63) is 53.2 Å². The van der Waals surface area contributed by atoms with E-state index in [4.69, 9.17) is 9.52 Å². The predicted octanol–water partition coefficient (Wildman–Crippen LogP) is 3.08. The first-order chi connectivity index (χ1) is 16.1. The Labute approximate surface area is 197 Å². The van der Waals surface area contributed by atoms with Crippen LogP contribution in [0.4, 0.5) is 18.9 Å². The molecule has 3 rings (SSSR count). The van der Waals surface area contributed by atoms with Gasteiger partial charge < -0.3 is 10.1 Å². The number of carbonyl (C=O) groups excluding carboxylic acids is 1. The van der Waals surface area contributed by atoms with Crippen LogP contribution in [-0.4, -0.2) is 51.4 Å². The van der Waals surface area contributed by atoms with Gasteiger partial charge in [0.2, 0.25) is 5.88 Å². The molecule has 0 aliphatic rings. The lowest BCUT2D eigenvalue weighted by molar-refractivity contribution is -0.142. The van der Waals surface area contributed by atoms with Crippen LogP contribution in [0.15, 0.2) is 46.3 Å². The lowest BCUT2D eigenvalue weighted by atomic mass is 10.1. The SMILES string of the molecule is Cc1c(C(F)(F)F)nnc(Oc2ccc(S(C)(=O)=O)nn2)c1C(=O)Nc1cccc(S(C)(=N)=O)c1. The summed E-state index contributed by atoms with van der Waals surface area (Å²) in [5.74, 6) is -2.07. The number of halogens is 3. The van der Waals surface area contributed by atoms with E-state index in [-0.39, 0.29) is 21.5 Å². The second-order valence-corrected chi connectivity index (χ2v) is 11.4. The van der Waals surface area contributed by atoms with Crippen LogP contribution in [0.3, 0.4) is 0 Å². The van der Waals surface area contributed by atoms with Crippen molar-refractivity contribution < 1.29 is 35.3 Å². The first-order valence-electron chi connectivity index (χ1n) is 9.38. The summed E-state index contributed by atoms with van der Waals surface area (Å²) in [6.07, 6.45) is -2.86. The molecule has 0 saturated heterocycles. The number of alkyl halides is 3. The van der Waals surface area contributed by atoms with E-state index in [9.17, 15) is 30.6 Å². The Hall–Kier alpha value is -3.66. The molecule has 1 unspecified atom stereocenters. The lowest BCUT2D eigenvalue weighted by Gasteiger charge is -2.15. The maximum atomic E-state index is 13.4. The van der Waals surface area contributed by atoms with E-state index in [1.54, 1.807) is 0 Å². The lowest BCUT2D eigenvalue weighted by Crippen LogP contribution is -2.21. The van der Waals surface area contributed by atoms with Gasteiger partial charge in [-0.25, -0.2) is 17.4 Å². The molecule has 1 amide bonds. The van der Waals surface area contributed by atoms with Crippen LogP contribution in [0.25, 0.3) is 0 Å². The first-order valence-corrected chi connectivity index (χ1v) is 13.2. The number of aromatic nitrogens is 4. The summed E-state index contributed by atoms with van der Waals surface area (Å²) in [6.45, 7) is 0.997. The zero-order chi connectivity index (χ0) is 26.2. The van der Waals surface area contributed by atoms with Crippen molar-refractivity contribution in [3.63, 3.8) is 0 Å². The summed E-state index contributed by atoms with van der Waals surface area (Å²) in [4.78, 5) is 13.1. The molecule has 0 saturated carbocycles. The van der Waals surface area contributed by atoms with Crippen molar-refractivity contribution >= 4 is 31.2 Å². The minimum atomic E-state index is -4.93. The Bertz CT molecular complexity index is 1510. The van der Waals surface area contributed by atoms with E-state index in [0.29, 0.717) is 0 Å². The van der Waals surface area contributed by atoms with Crippen molar-refractivity contribution in [1.29, 1.82) is 4.78 Å². The molecule has 3 aromatic rings. The van der Waals surface area contributed by atoms with Gasteiger partial charge in [0.1, 0.15) is 5.56 Å².